The van der Waals surface area contributed by atoms with Crippen molar-refractivity contribution in [1.82, 2.24) is 15.1 Å². The van der Waals surface area contributed by atoms with E-state index >= 15 is 0 Å². The Bertz CT molecular complexity index is 924. The Kier molecular flexibility index (Phi) is 6.85. The van der Waals surface area contributed by atoms with Crippen LogP contribution in [0.15, 0.2) is 46.9 Å². The smallest absolute Gasteiger partial charge is 0.254 e. The first-order chi connectivity index (χ1) is 14.6. The molecule has 30 heavy (non-hydrogen) atoms. The Morgan fingerprint density at radius 3 is 2.70 bits per heavy atom. The maximum absolute atomic E-state index is 12.9. The first-order valence-corrected chi connectivity index (χ1v) is 11.6. The molecule has 1 saturated heterocycles. The van der Waals surface area contributed by atoms with Gasteiger partial charge in [-0.25, -0.2) is 0 Å². The minimum Gasteiger partial charge on any atom is -0.352 e. The number of rotatable bonds is 7. The summed E-state index contributed by atoms with van der Waals surface area (Å²) in [5.41, 5.74) is 3.27. The summed E-state index contributed by atoms with van der Waals surface area (Å²) in [5.74, 6) is -0.112. The highest BCUT2D eigenvalue weighted by molar-refractivity contribution is 9.10. The van der Waals surface area contributed by atoms with Crippen LogP contribution < -0.4 is 5.32 Å². The summed E-state index contributed by atoms with van der Waals surface area (Å²) < 4.78 is 1.00. The molecule has 0 spiro atoms. The van der Waals surface area contributed by atoms with Gasteiger partial charge in [0.15, 0.2) is 0 Å². The summed E-state index contributed by atoms with van der Waals surface area (Å²) in [6.07, 6.45) is 4.86. The monoisotopic (exact) mass is 469 g/mol. The number of carbonyl (C=O) groups excluding carboxylic acids is 2. The second-order valence-electron chi connectivity index (χ2n) is 8.17. The molecule has 2 aromatic rings. The number of hydrogen-bond donors (Lipinski definition) is 1. The number of piperidine rings is 1. The molecule has 0 aliphatic carbocycles. The Morgan fingerprint density at radius 1 is 1.07 bits per heavy atom. The summed E-state index contributed by atoms with van der Waals surface area (Å²) in [5, 5.41) is 3.01. The molecule has 2 aliphatic heterocycles. The van der Waals surface area contributed by atoms with Crippen LogP contribution in [0.1, 0.15) is 57.5 Å². The van der Waals surface area contributed by atoms with Gasteiger partial charge in [0.1, 0.15) is 0 Å². The van der Waals surface area contributed by atoms with Gasteiger partial charge in [0.2, 0.25) is 0 Å². The zero-order chi connectivity index (χ0) is 20.9. The molecule has 0 aromatic heterocycles. The zero-order valence-corrected chi connectivity index (χ0v) is 18.8. The third kappa shape index (κ3) is 5.10. The van der Waals surface area contributed by atoms with E-state index in [-0.39, 0.29) is 11.8 Å². The van der Waals surface area contributed by atoms with Crippen LogP contribution in [0.5, 0.6) is 0 Å². The Morgan fingerprint density at radius 2 is 1.90 bits per heavy atom. The number of carbonyl (C=O) groups is 2. The molecule has 158 valence electrons. The summed E-state index contributed by atoms with van der Waals surface area (Å²) in [7, 11) is 0. The molecule has 2 aromatic carbocycles. The van der Waals surface area contributed by atoms with Crippen molar-refractivity contribution in [2.45, 2.75) is 38.8 Å². The lowest BCUT2D eigenvalue weighted by Crippen LogP contribution is -2.33. The number of nitrogens with zero attached hydrogens (tertiary/aromatic N) is 2. The van der Waals surface area contributed by atoms with Gasteiger partial charge in [0.05, 0.1) is 0 Å². The van der Waals surface area contributed by atoms with E-state index in [0.717, 1.165) is 28.6 Å². The molecule has 6 heteroatoms. The molecule has 0 atom stereocenters. The Labute approximate surface area is 186 Å². The molecule has 4 rings (SSSR count). The lowest BCUT2D eigenvalue weighted by atomic mass is 10.1. The highest BCUT2D eigenvalue weighted by atomic mass is 79.9. The van der Waals surface area contributed by atoms with Crippen LogP contribution >= 0.6 is 15.9 Å². The third-order valence-corrected chi connectivity index (χ3v) is 6.39. The normalized spacial score (nSPS) is 16.6. The molecular formula is C24H28BrN3O2. The number of benzene rings is 2. The predicted octanol–water partition coefficient (Wildman–Crippen LogP) is 4.21. The topological polar surface area (TPSA) is 52.7 Å². The van der Waals surface area contributed by atoms with E-state index < -0.39 is 0 Å². The maximum Gasteiger partial charge on any atom is 0.254 e. The fourth-order valence-electron chi connectivity index (χ4n) is 4.28. The van der Waals surface area contributed by atoms with E-state index in [1.54, 1.807) is 6.07 Å². The third-order valence-electron chi connectivity index (χ3n) is 5.90. The van der Waals surface area contributed by atoms with Crippen molar-refractivity contribution >= 4 is 27.7 Å². The van der Waals surface area contributed by atoms with Gasteiger partial charge in [-0.05, 0) is 74.3 Å². The van der Waals surface area contributed by atoms with Crippen LogP contribution in [0.25, 0.3) is 0 Å². The SMILES string of the molecule is O=C(NCCCN1CCCCC1)c1ccc2c(c1)C(=O)N(Cc1cccc(Br)c1)C2. The summed E-state index contributed by atoms with van der Waals surface area (Å²) in [6, 6.07) is 13.5. The number of nitrogens with one attached hydrogen (secondary N) is 1. The van der Waals surface area contributed by atoms with Gasteiger partial charge in [-0.1, -0.05) is 40.5 Å². The molecule has 0 radical (unpaired) electrons. The van der Waals surface area contributed by atoms with Crippen LogP contribution in [0, 0.1) is 0 Å². The fourth-order valence-corrected chi connectivity index (χ4v) is 4.72. The average Bonchev–Trinajstić information content (AvgIpc) is 3.06. The Balaban J connectivity index is 1.31. The van der Waals surface area contributed by atoms with E-state index in [4.69, 9.17) is 0 Å². The number of fused-ring (bicyclic) bond motifs is 1. The number of hydrogen-bond acceptors (Lipinski definition) is 3. The van der Waals surface area contributed by atoms with E-state index in [0.29, 0.717) is 30.8 Å². The van der Waals surface area contributed by atoms with Gasteiger partial charge in [0.25, 0.3) is 11.8 Å². The molecule has 1 fully saturated rings. The van der Waals surface area contributed by atoms with Gasteiger partial charge in [0, 0.05) is 35.2 Å². The van der Waals surface area contributed by atoms with Crippen LogP contribution in [0.2, 0.25) is 0 Å². The lowest BCUT2D eigenvalue weighted by Gasteiger charge is -2.26. The Hall–Kier alpha value is -2.18. The average molecular weight is 470 g/mol. The molecule has 2 amide bonds. The largest absolute Gasteiger partial charge is 0.352 e. The number of halogens is 1. The molecule has 0 bridgehead atoms. The zero-order valence-electron chi connectivity index (χ0n) is 17.2. The van der Waals surface area contributed by atoms with Crippen molar-refractivity contribution < 1.29 is 9.59 Å². The van der Waals surface area contributed by atoms with Gasteiger partial charge in [-0.15, -0.1) is 0 Å². The first kappa shape index (κ1) is 21.1. The molecule has 0 unspecified atom stereocenters. The van der Waals surface area contributed by atoms with Gasteiger partial charge in [-0.3, -0.25) is 9.59 Å². The lowest BCUT2D eigenvalue weighted by molar-refractivity contribution is 0.0766. The van der Waals surface area contributed by atoms with Crippen molar-refractivity contribution in [2.24, 2.45) is 0 Å². The van der Waals surface area contributed by atoms with Crippen LogP contribution in [0.4, 0.5) is 0 Å². The minimum atomic E-state index is -0.102. The van der Waals surface area contributed by atoms with Crippen molar-refractivity contribution in [1.29, 1.82) is 0 Å². The van der Waals surface area contributed by atoms with Gasteiger partial charge in [-0.2, -0.15) is 0 Å². The summed E-state index contributed by atoms with van der Waals surface area (Å²) >= 11 is 3.48. The molecule has 2 aliphatic rings. The van der Waals surface area contributed by atoms with Crippen LogP contribution in [-0.2, 0) is 13.1 Å². The maximum atomic E-state index is 12.9. The number of likely N-dealkylation sites (tertiary alicyclic amines) is 1. The van der Waals surface area contributed by atoms with Crippen molar-refractivity contribution in [3.8, 4) is 0 Å². The highest BCUT2D eigenvalue weighted by Crippen LogP contribution is 2.26. The first-order valence-electron chi connectivity index (χ1n) is 10.8. The van der Waals surface area contributed by atoms with Crippen LogP contribution in [-0.4, -0.2) is 47.8 Å². The van der Waals surface area contributed by atoms with Crippen molar-refractivity contribution in [3.63, 3.8) is 0 Å². The number of amides is 2. The van der Waals surface area contributed by atoms with Crippen LogP contribution in [0.3, 0.4) is 0 Å². The summed E-state index contributed by atoms with van der Waals surface area (Å²) in [4.78, 5) is 29.7. The molecule has 0 saturated carbocycles. The predicted molar refractivity (Wildman–Crippen MR) is 121 cm³/mol. The molecule has 2 heterocycles. The van der Waals surface area contributed by atoms with Crippen molar-refractivity contribution in [3.05, 3.63) is 69.2 Å². The molecule has 1 N–H and O–H groups in total. The minimum absolute atomic E-state index is 0.00951. The van der Waals surface area contributed by atoms with Crippen molar-refractivity contribution in [2.75, 3.05) is 26.2 Å². The fraction of sp³-hybridized carbons (Fsp3) is 0.417. The summed E-state index contributed by atoms with van der Waals surface area (Å²) in [6.45, 7) is 5.20. The second kappa shape index (κ2) is 9.75. The quantitative estimate of drug-likeness (QED) is 0.617. The molecule has 5 nitrogen and oxygen atoms in total. The molecular weight excluding hydrogens is 442 g/mol. The van der Waals surface area contributed by atoms with E-state index in [1.165, 1.54) is 32.4 Å². The standard InChI is InChI=1S/C24H28BrN3O2/c25-21-7-4-6-18(14-21)16-28-17-20-9-8-19(15-22(20)24(28)30)23(29)26-10-5-13-27-11-2-1-3-12-27/h4,6-9,14-15H,1-3,5,10-13,16-17H2,(H,26,29). The highest BCUT2D eigenvalue weighted by Gasteiger charge is 2.28. The van der Waals surface area contributed by atoms with Gasteiger partial charge < -0.3 is 15.1 Å². The van der Waals surface area contributed by atoms with E-state index in [1.807, 2.05) is 41.3 Å². The van der Waals surface area contributed by atoms with E-state index in [2.05, 4.69) is 26.1 Å². The van der Waals surface area contributed by atoms with E-state index in [9.17, 15) is 9.59 Å². The van der Waals surface area contributed by atoms with Gasteiger partial charge >= 0.3 is 0 Å². The second-order valence-corrected chi connectivity index (χ2v) is 9.09.